The molecule has 0 aliphatic carbocycles. The minimum absolute atomic E-state index is 0. The molecule has 0 aliphatic rings. The molecule has 0 fully saturated rings. The van der Waals surface area contributed by atoms with Crippen LogP contribution in [-0.2, 0) is 0 Å². The van der Waals surface area contributed by atoms with Crippen molar-refractivity contribution in [2.75, 3.05) is 33.2 Å². The van der Waals surface area contributed by atoms with Gasteiger partial charge in [-0.25, -0.2) is 0 Å². The van der Waals surface area contributed by atoms with Crippen molar-refractivity contribution in [3.8, 4) is 0 Å². The molecule has 5 heteroatoms. The summed E-state index contributed by atoms with van der Waals surface area (Å²) < 4.78 is 0. The number of rotatable bonds is 8. The van der Waals surface area contributed by atoms with Gasteiger partial charge in [-0.2, -0.15) is 0 Å². The maximum atomic E-state index is 5.67. The van der Waals surface area contributed by atoms with Crippen LogP contribution in [0.1, 0.15) is 33.1 Å². The molecular weight excluding hydrogens is 315 g/mol. The van der Waals surface area contributed by atoms with Gasteiger partial charge in [0.15, 0.2) is 5.96 Å². The fourth-order valence-electron chi connectivity index (χ4n) is 1.20. The molecule has 0 aromatic rings. The first-order chi connectivity index (χ1) is 7.20. The molecule has 0 radical (unpaired) electrons. The molecular formula is C11H27IN4. The highest BCUT2D eigenvalue weighted by molar-refractivity contribution is 14.0. The van der Waals surface area contributed by atoms with Crippen LogP contribution < -0.4 is 11.1 Å². The topological polar surface area (TPSA) is 53.6 Å². The van der Waals surface area contributed by atoms with Gasteiger partial charge < -0.3 is 16.0 Å². The van der Waals surface area contributed by atoms with E-state index in [1.807, 2.05) is 0 Å². The third kappa shape index (κ3) is 12.0. The van der Waals surface area contributed by atoms with E-state index in [4.69, 9.17) is 5.73 Å². The normalized spacial score (nSPS) is 11.4. The zero-order valence-electron chi connectivity index (χ0n) is 10.8. The number of aliphatic imine (C=N–C) groups is 1. The van der Waals surface area contributed by atoms with E-state index in [0.29, 0.717) is 5.96 Å². The first-order valence-electron chi connectivity index (χ1n) is 5.93. The maximum absolute atomic E-state index is 5.67. The van der Waals surface area contributed by atoms with Crippen molar-refractivity contribution >= 4 is 29.9 Å². The van der Waals surface area contributed by atoms with Crippen LogP contribution in [0.3, 0.4) is 0 Å². The Balaban J connectivity index is 0. The van der Waals surface area contributed by atoms with Gasteiger partial charge >= 0.3 is 0 Å². The number of hydrogen-bond donors (Lipinski definition) is 2. The van der Waals surface area contributed by atoms with Crippen LogP contribution in [0.4, 0.5) is 0 Å². The van der Waals surface area contributed by atoms with Gasteiger partial charge in [-0.1, -0.05) is 20.3 Å². The van der Waals surface area contributed by atoms with E-state index in [2.05, 4.69) is 36.1 Å². The summed E-state index contributed by atoms with van der Waals surface area (Å²) in [4.78, 5) is 6.48. The third-order valence-electron chi connectivity index (χ3n) is 2.20. The highest BCUT2D eigenvalue weighted by Gasteiger charge is 1.97. The largest absolute Gasteiger partial charge is 0.370 e. The molecule has 16 heavy (non-hydrogen) atoms. The summed E-state index contributed by atoms with van der Waals surface area (Å²) in [7, 11) is 2.14. The van der Waals surface area contributed by atoms with E-state index in [9.17, 15) is 0 Å². The summed E-state index contributed by atoms with van der Waals surface area (Å²) in [6, 6.07) is 0. The summed E-state index contributed by atoms with van der Waals surface area (Å²) in [5.74, 6) is 0.570. The molecule has 0 atom stereocenters. The van der Waals surface area contributed by atoms with E-state index >= 15 is 0 Å². The van der Waals surface area contributed by atoms with Crippen LogP contribution >= 0.6 is 24.0 Å². The predicted molar refractivity (Wildman–Crippen MR) is 82.6 cm³/mol. The van der Waals surface area contributed by atoms with E-state index in [-0.39, 0.29) is 24.0 Å². The van der Waals surface area contributed by atoms with Gasteiger partial charge in [0.1, 0.15) is 0 Å². The summed E-state index contributed by atoms with van der Waals surface area (Å²) in [5, 5.41) is 3.11. The number of guanidine groups is 1. The predicted octanol–water partition coefficient (Wildman–Crippen LogP) is 1.65. The lowest BCUT2D eigenvalue weighted by Gasteiger charge is -2.16. The Labute approximate surface area is 117 Å². The number of likely N-dealkylation sites (N-methyl/N-ethyl adjacent to an activating group) is 1. The van der Waals surface area contributed by atoms with Crippen molar-refractivity contribution in [3.05, 3.63) is 0 Å². The van der Waals surface area contributed by atoms with Gasteiger partial charge in [0, 0.05) is 19.6 Å². The molecule has 0 spiro atoms. The number of nitrogens with two attached hydrogens (primary N) is 1. The molecule has 0 aromatic heterocycles. The smallest absolute Gasteiger partial charge is 0.188 e. The van der Waals surface area contributed by atoms with Gasteiger partial charge in [0.05, 0.1) is 0 Å². The Morgan fingerprint density at radius 3 is 2.50 bits per heavy atom. The van der Waals surface area contributed by atoms with Gasteiger partial charge in [0.25, 0.3) is 0 Å². The molecule has 0 saturated heterocycles. The van der Waals surface area contributed by atoms with Crippen LogP contribution in [0, 0.1) is 0 Å². The van der Waals surface area contributed by atoms with Crippen molar-refractivity contribution in [3.63, 3.8) is 0 Å². The van der Waals surface area contributed by atoms with Crippen molar-refractivity contribution in [1.29, 1.82) is 0 Å². The average molecular weight is 342 g/mol. The molecule has 4 nitrogen and oxygen atoms in total. The fourth-order valence-corrected chi connectivity index (χ4v) is 1.20. The van der Waals surface area contributed by atoms with Crippen LogP contribution in [0.15, 0.2) is 4.99 Å². The second-order valence-corrected chi connectivity index (χ2v) is 3.85. The molecule has 0 aliphatic heterocycles. The lowest BCUT2D eigenvalue weighted by Crippen LogP contribution is -2.37. The van der Waals surface area contributed by atoms with Crippen LogP contribution in [-0.4, -0.2) is 44.1 Å². The molecule has 0 amide bonds. The summed E-state index contributed by atoms with van der Waals surface area (Å²) >= 11 is 0. The minimum Gasteiger partial charge on any atom is -0.370 e. The molecule has 0 saturated carbocycles. The number of unbranched alkanes of at least 4 members (excludes halogenated alkanes) is 1. The highest BCUT2D eigenvalue weighted by Crippen LogP contribution is 1.89. The first kappa shape index (κ1) is 18.3. The van der Waals surface area contributed by atoms with Crippen molar-refractivity contribution in [1.82, 2.24) is 10.2 Å². The lowest BCUT2D eigenvalue weighted by molar-refractivity contribution is 0.332. The van der Waals surface area contributed by atoms with Gasteiger partial charge in [0.2, 0.25) is 0 Å². The van der Waals surface area contributed by atoms with Crippen LogP contribution in [0.2, 0.25) is 0 Å². The zero-order valence-corrected chi connectivity index (χ0v) is 13.2. The molecule has 98 valence electrons. The average Bonchev–Trinajstić information content (AvgIpc) is 2.23. The Morgan fingerprint density at radius 2 is 1.94 bits per heavy atom. The summed E-state index contributed by atoms with van der Waals surface area (Å²) in [6.07, 6.45) is 3.55. The van der Waals surface area contributed by atoms with Crippen LogP contribution in [0.5, 0.6) is 0 Å². The summed E-state index contributed by atoms with van der Waals surface area (Å²) in [6.45, 7) is 8.16. The number of hydrogen-bond acceptors (Lipinski definition) is 2. The SMILES string of the molecule is CCCCN(C)CCNC(N)=NCCC.I. The van der Waals surface area contributed by atoms with Crippen molar-refractivity contribution < 1.29 is 0 Å². The van der Waals surface area contributed by atoms with E-state index in [1.165, 1.54) is 12.8 Å². The van der Waals surface area contributed by atoms with Crippen LogP contribution in [0.25, 0.3) is 0 Å². The number of nitrogens with one attached hydrogen (secondary N) is 1. The Morgan fingerprint density at radius 1 is 1.25 bits per heavy atom. The molecule has 0 bridgehead atoms. The Kier molecular flexibility index (Phi) is 14.9. The Bertz CT molecular complexity index is 173. The first-order valence-corrected chi connectivity index (χ1v) is 5.93. The highest BCUT2D eigenvalue weighted by atomic mass is 127. The summed E-state index contributed by atoms with van der Waals surface area (Å²) in [5.41, 5.74) is 5.67. The monoisotopic (exact) mass is 342 g/mol. The molecule has 3 N–H and O–H groups in total. The Hall–Kier alpha value is -0.0400. The van der Waals surface area contributed by atoms with E-state index in [0.717, 1.165) is 32.6 Å². The van der Waals surface area contributed by atoms with Gasteiger partial charge in [-0.15, -0.1) is 24.0 Å². The second kappa shape index (κ2) is 13.0. The van der Waals surface area contributed by atoms with E-state index in [1.54, 1.807) is 0 Å². The fraction of sp³-hybridized carbons (Fsp3) is 0.909. The van der Waals surface area contributed by atoms with Gasteiger partial charge in [-0.3, -0.25) is 4.99 Å². The number of halogens is 1. The third-order valence-corrected chi connectivity index (χ3v) is 2.20. The van der Waals surface area contributed by atoms with Gasteiger partial charge in [-0.05, 0) is 26.4 Å². The quantitative estimate of drug-likeness (QED) is 0.401. The van der Waals surface area contributed by atoms with Crippen molar-refractivity contribution in [2.45, 2.75) is 33.1 Å². The molecule has 0 aromatic carbocycles. The van der Waals surface area contributed by atoms with Crippen molar-refractivity contribution in [2.24, 2.45) is 10.7 Å². The molecule has 0 unspecified atom stereocenters. The standard InChI is InChI=1S/C11H26N4.HI/c1-4-6-9-15(3)10-8-14-11(12)13-7-5-2;/h4-10H2,1-3H3,(H3,12,13,14);1H. The number of nitrogens with zero attached hydrogens (tertiary/aromatic N) is 2. The lowest BCUT2D eigenvalue weighted by atomic mass is 10.3. The zero-order chi connectivity index (χ0) is 11.5. The molecule has 0 rings (SSSR count). The second-order valence-electron chi connectivity index (χ2n) is 3.85. The molecule has 0 heterocycles. The maximum Gasteiger partial charge on any atom is 0.188 e. The minimum atomic E-state index is 0. The van der Waals surface area contributed by atoms with E-state index < -0.39 is 0 Å².